The number of guanidine groups is 1. The molecule has 0 heterocycles. The van der Waals surface area contributed by atoms with Crippen LogP contribution in [0.15, 0.2) is 29.3 Å². The molecule has 0 radical (unpaired) electrons. The minimum absolute atomic E-state index is 0.0686. The van der Waals surface area contributed by atoms with Crippen LogP contribution in [0.2, 0.25) is 0 Å². The summed E-state index contributed by atoms with van der Waals surface area (Å²) in [5.74, 6) is 1.07. The molecule has 0 aliphatic rings. The summed E-state index contributed by atoms with van der Waals surface area (Å²) in [4.78, 5) is 4.11. The van der Waals surface area contributed by atoms with Crippen molar-refractivity contribution in [2.45, 2.75) is 20.0 Å². The molecule has 1 aromatic rings. The molecule has 0 aliphatic carbocycles. The zero-order valence-electron chi connectivity index (χ0n) is 12.9. The van der Waals surface area contributed by atoms with Crippen molar-refractivity contribution in [3.8, 4) is 5.75 Å². The summed E-state index contributed by atoms with van der Waals surface area (Å²) in [6, 6.07) is 5.98. The summed E-state index contributed by atoms with van der Waals surface area (Å²) in [7, 11) is 1.71. The highest BCUT2D eigenvalue weighted by molar-refractivity contribution is 5.79. The third-order valence-electron chi connectivity index (χ3n) is 2.67. The summed E-state index contributed by atoms with van der Waals surface area (Å²) in [5.41, 5.74) is 0. The van der Waals surface area contributed by atoms with Crippen LogP contribution in [0, 0.1) is 5.82 Å². The van der Waals surface area contributed by atoms with Crippen molar-refractivity contribution >= 4 is 5.96 Å². The Bertz CT molecular complexity index is 423. The largest absolute Gasteiger partial charge is 0.489 e. The average molecular weight is 297 g/mol. The van der Waals surface area contributed by atoms with E-state index in [4.69, 9.17) is 9.47 Å². The van der Waals surface area contributed by atoms with Gasteiger partial charge in [-0.1, -0.05) is 0 Å². The highest BCUT2D eigenvalue weighted by Crippen LogP contribution is 2.12. The monoisotopic (exact) mass is 297 g/mol. The number of nitrogens with one attached hydrogen (secondary N) is 2. The lowest BCUT2D eigenvalue weighted by Crippen LogP contribution is -2.42. The molecule has 6 heteroatoms. The second kappa shape index (κ2) is 9.99. The average Bonchev–Trinajstić information content (AvgIpc) is 2.49. The standard InChI is InChI=1S/C15H24FN3O2/c1-4-20-10-9-18-15(17-3)19-11-12(2)21-14-7-5-13(16)6-8-14/h5-8,12H,4,9-11H2,1-3H3,(H2,17,18,19). The van der Waals surface area contributed by atoms with Gasteiger partial charge in [-0.05, 0) is 38.1 Å². The maximum Gasteiger partial charge on any atom is 0.191 e. The van der Waals surface area contributed by atoms with Gasteiger partial charge in [-0.3, -0.25) is 4.99 Å². The lowest BCUT2D eigenvalue weighted by molar-refractivity contribution is 0.152. The Hall–Kier alpha value is -1.82. The van der Waals surface area contributed by atoms with Gasteiger partial charge in [-0.2, -0.15) is 0 Å². The molecule has 0 saturated carbocycles. The number of nitrogens with zero attached hydrogens (tertiary/aromatic N) is 1. The van der Waals surface area contributed by atoms with Crippen molar-refractivity contribution in [2.75, 3.05) is 33.4 Å². The second-order valence-corrected chi connectivity index (χ2v) is 4.46. The molecule has 2 N–H and O–H groups in total. The highest BCUT2D eigenvalue weighted by Gasteiger charge is 2.05. The van der Waals surface area contributed by atoms with Gasteiger partial charge in [0, 0.05) is 20.2 Å². The van der Waals surface area contributed by atoms with Crippen LogP contribution in [0.3, 0.4) is 0 Å². The minimum atomic E-state index is -0.271. The van der Waals surface area contributed by atoms with Gasteiger partial charge in [0.1, 0.15) is 17.7 Å². The molecule has 0 bridgehead atoms. The number of halogens is 1. The van der Waals surface area contributed by atoms with E-state index in [2.05, 4.69) is 15.6 Å². The number of hydrogen-bond donors (Lipinski definition) is 2. The fourth-order valence-corrected chi connectivity index (χ4v) is 1.63. The summed E-state index contributed by atoms with van der Waals surface area (Å²) < 4.78 is 23.7. The molecule has 1 unspecified atom stereocenters. The molecule has 0 spiro atoms. The van der Waals surface area contributed by atoms with Gasteiger partial charge >= 0.3 is 0 Å². The Morgan fingerprint density at radius 3 is 2.62 bits per heavy atom. The van der Waals surface area contributed by atoms with Gasteiger partial charge in [0.05, 0.1) is 13.2 Å². The van der Waals surface area contributed by atoms with Gasteiger partial charge in [-0.15, -0.1) is 0 Å². The van der Waals surface area contributed by atoms with E-state index in [9.17, 15) is 4.39 Å². The third-order valence-corrected chi connectivity index (χ3v) is 2.67. The van der Waals surface area contributed by atoms with Crippen molar-refractivity contribution in [3.63, 3.8) is 0 Å². The van der Waals surface area contributed by atoms with E-state index >= 15 is 0 Å². The van der Waals surface area contributed by atoms with Crippen LogP contribution >= 0.6 is 0 Å². The number of hydrogen-bond acceptors (Lipinski definition) is 3. The lowest BCUT2D eigenvalue weighted by atomic mass is 10.3. The van der Waals surface area contributed by atoms with Crippen LogP contribution < -0.4 is 15.4 Å². The zero-order chi connectivity index (χ0) is 15.5. The number of rotatable bonds is 8. The van der Waals surface area contributed by atoms with E-state index in [0.29, 0.717) is 38.0 Å². The van der Waals surface area contributed by atoms with Crippen LogP contribution in [0.25, 0.3) is 0 Å². The van der Waals surface area contributed by atoms with E-state index in [1.165, 1.54) is 12.1 Å². The Morgan fingerprint density at radius 1 is 1.29 bits per heavy atom. The maximum absolute atomic E-state index is 12.8. The normalized spacial score (nSPS) is 12.9. The van der Waals surface area contributed by atoms with E-state index in [1.807, 2.05) is 13.8 Å². The summed E-state index contributed by atoms with van der Waals surface area (Å²) in [5, 5.41) is 6.30. The molecule has 1 atom stereocenters. The topological polar surface area (TPSA) is 54.9 Å². The quantitative estimate of drug-likeness (QED) is 0.436. The predicted octanol–water partition coefficient (Wildman–Crippen LogP) is 1.79. The summed E-state index contributed by atoms with van der Waals surface area (Å²) in [6.07, 6.45) is -0.0686. The molecule has 0 saturated heterocycles. The first-order chi connectivity index (χ1) is 10.2. The second-order valence-electron chi connectivity index (χ2n) is 4.46. The summed E-state index contributed by atoms with van der Waals surface area (Å²) in [6.45, 7) is 6.52. The van der Waals surface area contributed by atoms with Gasteiger partial charge in [0.25, 0.3) is 0 Å². The van der Waals surface area contributed by atoms with Crippen LogP contribution in [-0.4, -0.2) is 45.4 Å². The Morgan fingerprint density at radius 2 is 2.00 bits per heavy atom. The fourth-order valence-electron chi connectivity index (χ4n) is 1.63. The molecular formula is C15H24FN3O2. The number of aliphatic imine (C=N–C) groups is 1. The van der Waals surface area contributed by atoms with Gasteiger partial charge in [0.2, 0.25) is 0 Å². The van der Waals surface area contributed by atoms with Crippen LogP contribution in [0.4, 0.5) is 4.39 Å². The van der Waals surface area contributed by atoms with Crippen LogP contribution in [0.1, 0.15) is 13.8 Å². The molecular weight excluding hydrogens is 273 g/mol. The van der Waals surface area contributed by atoms with Gasteiger partial charge in [0.15, 0.2) is 5.96 Å². The molecule has 21 heavy (non-hydrogen) atoms. The van der Waals surface area contributed by atoms with Crippen LogP contribution in [0.5, 0.6) is 5.75 Å². The first-order valence-electron chi connectivity index (χ1n) is 7.10. The maximum atomic E-state index is 12.8. The Labute approximate surface area is 125 Å². The highest BCUT2D eigenvalue weighted by atomic mass is 19.1. The van der Waals surface area contributed by atoms with Crippen molar-refractivity contribution in [3.05, 3.63) is 30.1 Å². The first-order valence-corrected chi connectivity index (χ1v) is 7.10. The third kappa shape index (κ3) is 7.51. The van der Waals surface area contributed by atoms with Crippen LogP contribution in [-0.2, 0) is 4.74 Å². The molecule has 118 valence electrons. The first kappa shape index (κ1) is 17.2. The SMILES string of the molecule is CCOCCNC(=NC)NCC(C)Oc1ccc(F)cc1. The van der Waals surface area contributed by atoms with Gasteiger partial charge in [-0.25, -0.2) is 4.39 Å². The number of ether oxygens (including phenoxy) is 2. The van der Waals surface area contributed by atoms with Crippen molar-refractivity contribution in [2.24, 2.45) is 4.99 Å². The van der Waals surface area contributed by atoms with Crippen molar-refractivity contribution < 1.29 is 13.9 Å². The zero-order valence-corrected chi connectivity index (χ0v) is 12.9. The lowest BCUT2D eigenvalue weighted by Gasteiger charge is -2.17. The molecule has 0 amide bonds. The number of benzene rings is 1. The smallest absolute Gasteiger partial charge is 0.191 e. The van der Waals surface area contributed by atoms with Crippen molar-refractivity contribution in [1.82, 2.24) is 10.6 Å². The molecule has 1 aromatic carbocycles. The van der Waals surface area contributed by atoms with E-state index < -0.39 is 0 Å². The Kier molecular flexibility index (Phi) is 8.19. The van der Waals surface area contributed by atoms with Crippen molar-refractivity contribution in [1.29, 1.82) is 0 Å². The summed E-state index contributed by atoms with van der Waals surface area (Å²) >= 11 is 0. The molecule has 0 fully saturated rings. The Balaban J connectivity index is 2.27. The molecule has 0 aliphatic heterocycles. The minimum Gasteiger partial charge on any atom is -0.489 e. The van der Waals surface area contributed by atoms with E-state index in [1.54, 1.807) is 19.2 Å². The van der Waals surface area contributed by atoms with Gasteiger partial charge < -0.3 is 20.1 Å². The molecule has 5 nitrogen and oxygen atoms in total. The molecule has 0 aromatic heterocycles. The van der Waals surface area contributed by atoms with E-state index in [0.717, 1.165) is 0 Å². The fraction of sp³-hybridized carbons (Fsp3) is 0.533. The molecule has 1 rings (SSSR count). The predicted molar refractivity (Wildman–Crippen MR) is 82.3 cm³/mol. The van der Waals surface area contributed by atoms with E-state index in [-0.39, 0.29) is 11.9 Å².